The van der Waals surface area contributed by atoms with Crippen LogP contribution in [0.5, 0.6) is 0 Å². The second-order valence-corrected chi connectivity index (χ2v) is 5.51. The van der Waals surface area contributed by atoms with Crippen molar-refractivity contribution in [3.8, 4) is 0 Å². The van der Waals surface area contributed by atoms with E-state index in [1.54, 1.807) is 20.8 Å². The SMILES string of the molecule is CC(C)(C)OC(=O)C(CC(=O)O)CC1CC1. The molecule has 1 atom stereocenters. The maximum atomic E-state index is 11.8. The number of hydrogen-bond acceptors (Lipinski definition) is 3. The number of hydrogen-bond donors (Lipinski definition) is 1. The summed E-state index contributed by atoms with van der Waals surface area (Å²) in [7, 11) is 0. The molecular formula is C12H20O4. The van der Waals surface area contributed by atoms with E-state index in [0.717, 1.165) is 12.8 Å². The smallest absolute Gasteiger partial charge is 0.310 e. The highest BCUT2D eigenvalue weighted by molar-refractivity contribution is 5.79. The lowest BCUT2D eigenvalue weighted by molar-refractivity contribution is -0.163. The van der Waals surface area contributed by atoms with Crippen LogP contribution in [-0.4, -0.2) is 22.6 Å². The van der Waals surface area contributed by atoms with E-state index < -0.39 is 17.5 Å². The van der Waals surface area contributed by atoms with E-state index in [4.69, 9.17) is 9.84 Å². The van der Waals surface area contributed by atoms with Gasteiger partial charge in [-0.15, -0.1) is 0 Å². The third-order valence-corrected chi connectivity index (χ3v) is 2.48. The standard InChI is InChI=1S/C12H20O4/c1-12(2,3)16-11(15)9(7-10(13)14)6-8-4-5-8/h8-9H,4-7H2,1-3H3,(H,13,14). The van der Waals surface area contributed by atoms with Crippen LogP contribution in [-0.2, 0) is 14.3 Å². The van der Waals surface area contributed by atoms with E-state index in [9.17, 15) is 9.59 Å². The van der Waals surface area contributed by atoms with Crippen molar-refractivity contribution < 1.29 is 19.4 Å². The lowest BCUT2D eigenvalue weighted by atomic mass is 9.98. The van der Waals surface area contributed by atoms with Gasteiger partial charge in [-0.05, 0) is 33.1 Å². The van der Waals surface area contributed by atoms with Crippen molar-refractivity contribution in [2.45, 2.75) is 52.1 Å². The first-order chi connectivity index (χ1) is 7.28. The molecule has 1 saturated carbocycles. The zero-order valence-corrected chi connectivity index (χ0v) is 10.2. The molecule has 1 aliphatic carbocycles. The number of ether oxygens (including phenoxy) is 1. The topological polar surface area (TPSA) is 63.6 Å². The van der Waals surface area contributed by atoms with Crippen LogP contribution in [0.25, 0.3) is 0 Å². The van der Waals surface area contributed by atoms with Gasteiger partial charge in [0.25, 0.3) is 0 Å². The summed E-state index contributed by atoms with van der Waals surface area (Å²) in [4.78, 5) is 22.4. The third kappa shape index (κ3) is 5.14. The summed E-state index contributed by atoms with van der Waals surface area (Å²) in [5, 5.41) is 8.76. The molecule has 0 radical (unpaired) electrons. The van der Waals surface area contributed by atoms with Crippen LogP contribution in [0.3, 0.4) is 0 Å². The third-order valence-electron chi connectivity index (χ3n) is 2.48. The first-order valence-corrected chi connectivity index (χ1v) is 5.72. The molecule has 92 valence electrons. The molecule has 0 aliphatic heterocycles. The van der Waals surface area contributed by atoms with Crippen molar-refractivity contribution in [3.63, 3.8) is 0 Å². The Kier molecular flexibility index (Phi) is 3.94. The molecule has 0 saturated heterocycles. The summed E-state index contributed by atoms with van der Waals surface area (Å²) in [6.07, 6.45) is 2.75. The molecule has 1 rings (SSSR count). The molecule has 4 heteroatoms. The highest BCUT2D eigenvalue weighted by atomic mass is 16.6. The monoisotopic (exact) mass is 228 g/mol. The molecule has 16 heavy (non-hydrogen) atoms. The van der Waals surface area contributed by atoms with Gasteiger partial charge in [0, 0.05) is 0 Å². The number of rotatable bonds is 5. The van der Waals surface area contributed by atoms with E-state index in [1.165, 1.54) is 0 Å². The second kappa shape index (κ2) is 4.85. The Labute approximate surface area is 96.0 Å². The molecule has 0 spiro atoms. The Morgan fingerprint density at radius 1 is 1.38 bits per heavy atom. The normalized spacial score (nSPS) is 17.9. The van der Waals surface area contributed by atoms with Gasteiger partial charge in [-0.1, -0.05) is 12.8 Å². The minimum atomic E-state index is -0.934. The van der Waals surface area contributed by atoms with Crippen molar-refractivity contribution in [1.29, 1.82) is 0 Å². The number of aliphatic carboxylic acids is 1. The van der Waals surface area contributed by atoms with E-state index in [-0.39, 0.29) is 12.4 Å². The molecule has 0 bridgehead atoms. The van der Waals surface area contributed by atoms with Gasteiger partial charge in [-0.2, -0.15) is 0 Å². The van der Waals surface area contributed by atoms with Crippen LogP contribution >= 0.6 is 0 Å². The fourth-order valence-corrected chi connectivity index (χ4v) is 1.61. The van der Waals surface area contributed by atoms with E-state index in [1.807, 2.05) is 0 Å². The van der Waals surface area contributed by atoms with Gasteiger partial charge in [0.2, 0.25) is 0 Å². The molecule has 1 fully saturated rings. The Morgan fingerprint density at radius 2 is 1.94 bits per heavy atom. The first kappa shape index (κ1) is 13.0. The molecule has 0 amide bonds. The van der Waals surface area contributed by atoms with Crippen molar-refractivity contribution >= 4 is 11.9 Å². The molecule has 0 heterocycles. The summed E-state index contributed by atoms with van der Waals surface area (Å²) in [6, 6.07) is 0. The predicted molar refractivity (Wildman–Crippen MR) is 58.9 cm³/mol. The van der Waals surface area contributed by atoms with Crippen LogP contribution in [0.1, 0.15) is 46.5 Å². The van der Waals surface area contributed by atoms with Gasteiger partial charge >= 0.3 is 11.9 Å². The Hall–Kier alpha value is -1.06. The average molecular weight is 228 g/mol. The number of carboxylic acid groups (broad SMARTS) is 1. The summed E-state index contributed by atoms with van der Waals surface area (Å²) in [5.74, 6) is -1.26. The highest BCUT2D eigenvalue weighted by Gasteiger charge is 2.33. The minimum absolute atomic E-state index is 0.120. The van der Waals surface area contributed by atoms with Gasteiger partial charge < -0.3 is 9.84 Å². The molecule has 1 unspecified atom stereocenters. The Balaban J connectivity index is 2.52. The van der Waals surface area contributed by atoms with Crippen molar-refractivity contribution in [2.75, 3.05) is 0 Å². The Morgan fingerprint density at radius 3 is 2.31 bits per heavy atom. The fraction of sp³-hybridized carbons (Fsp3) is 0.833. The minimum Gasteiger partial charge on any atom is -0.481 e. The molecule has 0 aromatic carbocycles. The van der Waals surface area contributed by atoms with Crippen molar-refractivity contribution in [3.05, 3.63) is 0 Å². The van der Waals surface area contributed by atoms with Gasteiger partial charge in [0.05, 0.1) is 12.3 Å². The van der Waals surface area contributed by atoms with Gasteiger partial charge in [0.1, 0.15) is 5.60 Å². The van der Waals surface area contributed by atoms with E-state index in [0.29, 0.717) is 12.3 Å². The molecule has 1 N–H and O–H groups in total. The Bertz CT molecular complexity index is 273. The lowest BCUT2D eigenvalue weighted by Gasteiger charge is -2.23. The zero-order chi connectivity index (χ0) is 12.3. The van der Waals surface area contributed by atoms with E-state index in [2.05, 4.69) is 0 Å². The fourth-order valence-electron chi connectivity index (χ4n) is 1.61. The number of carbonyl (C=O) groups excluding carboxylic acids is 1. The summed E-state index contributed by atoms with van der Waals surface area (Å²) in [5.41, 5.74) is -0.544. The average Bonchev–Trinajstić information content (AvgIpc) is 2.82. The summed E-state index contributed by atoms with van der Waals surface area (Å²) < 4.78 is 5.23. The molecular weight excluding hydrogens is 208 g/mol. The van der Waals surface area contributed by atoms with Crippen LogP contribution < -0.4 is 0 Å². The first-order valence-electron chi connectivity index (χ1n) is 5.72. The van der Waals surface area contributed by atoms with Crippen molar-refractivity contribution in [2.24, 2.45) is 11.8 Å². The van der Waals surface area contributed by atoms with Crippen LogP contribution in [0, 0.1) is 11.8 Å². The summed E-state index contributed by atoms with van der Waals surface area (Å²) in [6.45, 7) is 5.37. The van der Waals surface area contributed by atoms with Gasteiger partial charge in [-0.3, -0.25) is 9.59 Å². The maximum absolute atomic E-state index is 11.8. The van der Waals surface area contributed by atoms with Gasteiger partial charge in [-0.25, -0.2) is 0 Å². The zero-order valence-electron chi connectivity index (χ0n) is 10.2. The van der Waals surface area contributed by atoms with Crippen molar-refractivity contribution in [1.82, 2.24) is 0 Å². The van der Waals surface area contributed by atoms with Crippen LogP contribution in [0.4, 0.5) is 0 Å². The van der Waals surface area contributed by atoms with Gasteiger partial charge in [0.15, 0.2) is 0 Å². The lowest BCUT2D eigenvalue weighted by Crippen LogP contribution is -2.30. The predicted octanol–water partition coefficient (Wildman–Crippen LogP) is 2.22. The molecule has 0 aromatic rings. The largest absolute Gasteiger partial charge is 0.481 e. The molecule has 0 aromatic heterocycles. The number of carbonyl (C=O) groups is 2. The molecule has 4 nitrogen and oxygen atoms in total. The van der Waals surface area contributed by atoms with Crippen LogP contribution in [0.2, 0.25) is 0 Å². The summed E-state index contributed by atoms with van der Waals surface area (Å²) >= 11 is 0. The quantitative estimate of drug-likeness (QED) is 0.733. The number of esters is 1. The number of carboxylic acids is 1. The molecule has 1 aliphatic rings. The van der Waals surface area contributed by atoms with Crippen LogP contribution in [0.15, 0.2) is 0 Å². The highest BCUT2D eigenvalue weighted by Crippen LogP contribution is 2.36. The second-order valence-electron chi connectivity index (χ2n) is 5.51. The maximum Gasteiger partial charge on any atom is 0.310 e. The van der Waals surface area contributed by atoms with E-state index >= 15 is 0 Å².